The number of ketones is 1. The van der Waals surface area contributed by atoms with Gasteiger partial charge in [0.1, 0.15) is 22.8 Å². The number of anilines is 1. The molecule has 0 radical (unpaired) electrons. The van der Waals surface area contributed by atoms with Crippen LogP contribution in [0, 0.1) is 17.3 Å². The van der Waals surface area contributed by atoms with Crippen LogP contribution in [0.5, 0.6) is 5.75 Å². The summed E-state index contributed by atoms with van der Waals surface area (Å²) in [5.74, 6) is -7.22. The Bertz CT molecular complexity index is 1950. The molecule has 2 aliphatic heterocycles. The molecule has 5 aliphatic rings. The quantitative estimate of drug-likeness (QED) is 0.329. The smallest absolute Gasteiger partial charge is 0.307 e. The lowest BCUT2D eigenvalue weighted by molar-refractivity contribution is -0.247. The zero-order valence-corrected chi connectivity index (χ0v) is 35.8. The molecule has 2 N–H and O–H groups in total. The fraction of sp³-hybridized carbons (Fsp3) is 0.643. The van der Waals surface area contributed by atoms with E-state index >= 15 is 0 Å². The second-order valence-corrected chi connectivity index (χ2v) is 17.3. The minimum absolute atomic E-state index is 0.0215. The summed E-state index contributed by atoms with van der Waals surface area (Å²) in [6.07, 6.45) is 0.810. The second-order valence-electron chi connectivity index (χ2n) is 17.3. The number of carbonyl (C=O) groups excluding carboxylic acids is 5. The number of esters is 2. The topological polar surface area (TPSA) is 180 Å². The number of nitrogens with one attached hydrogen (secondary N) is 2. The Kier molecular flexibility index (Phi) is 11.8. The number of benzene rings is 1. The van der Waals surface area contributed by atoms with Crippen molar-refractivity contribution in [1.29, 1.82) is 0 Å². The van der Waals surface area contributed by atoms with Crippen molar-refractivity contribution in [1.82, 2.24) is 15.5 Å². The minimum atomic E-state index is -2.04. The molecular weight excluding hydrogens is 752 g/mol. The summed E-state index contributed by atoms with van der Waals surface area (Å²) >= 11 is 0. The molecule has 2 heterocycles. The van der Waals surface area contributed by atoms with Gasteiger partial charge in [-0.1, -0.05) is 0 Å². The van der Waals surface area contributed by atoms with Crippen molar-refractivity contribution >= 4 is 35.2 Å². The highest BCUT2D eigenvalue weighted by atomic mass is 16.7. The van der Waals surface area contributed by atoms with Gasteiger partial charge >= 0.3 is 11.9 Å². The summed E-state index contributed by atoms with van der Waals surface area (Å²) in [5.41, 5.74) is 1.32. The van der Waals surface area contributed by atoms with Crippen molar-refractivity contribution in [2.45, 2.75) is 90.9 Å². The average Bonchev–Trinajstić information content (AvgIpc) is 3.79. The standard InChI is InChI=1S/C42H58N4O12/c1-22(47)44-38(51)33-36(57-23(2)48)34(46(10)11)29-19-25-18-28-30(45(8)9)20-26(17-27(50)21-43-39(4,5)6)35(52-12)32(28)41(53-13-14-54-41)31(25)37(58-24(3)49)40(29,7)42(33)55-15-16-56-42/h20,25,29,34,43H,13-19,21H2,1-12H3,(H,44,47,51)/t25-,29-,34-,40+/m0/s1. The van der Waals surface area contributed by atoms with Crippen LogP contribution in [0.25, 0.3) is 0 Å². The van der Waals surface area contributed by atoms with Crippen LogP contribution in [0.15, 0.2) is 28.7 Å². The summed E-state index contributed by atoms with van der Waals surface area (Å²) in [4.78, 5) is 70.7. The fourth-order valence-corrected chi connectivity index (χ4v) is 9.79. The number of hydrogen-bond acceptors (Lipinski definition) is 15. The van der Waals surface area contributed by atoms with Crippen LogP contribution in [0.1, 0.15) is 71.6 Å². The predicted molar refractivity (Wildman–Crippen MR) is 209 cm³/mol. The van der Waals surface area contributed by atoms with Crippen LogP contribution in [0.2, 0.25) is 0 Å². The molecule has 0 unspecified atom stereocenters. The van der Waals surface area contributed by atoms with Crippen LogP contribution in [0.3, 0.4) is 0 Å². The van der Waals surface area contributed by atoms with Gasteiger partial charge in [0.15, 0.2) is 5.78 Å². The van der Waals surface area contributed by atoms with Crippen molar-refractivity contribution in [2.24, 2.45) is 17.3 Å². The fourth-order valence-electron chi connectivity index (χ4n) is 9.79. The van der Waals surface area contributed by atoms with E-state index in [1.54, 1.807) is 21.2 Å². The molecular formula is C42H58N4O12. The normalized spacial score (nSPS) is 25.6. The highest BCUT2D eigenvalue weighted by Gasteiger charge is 2.74. The molecule has 16 heteroatoms. The summed E-state index contributed by atoms with van der Waals surface area (Å²) in [6, 6.07) is 1.18. The maximum atomic E-state index is 14.4. The Morgan fingerprint density at radius 3 is 2.03 bits per heavy atom. The van der Waals surface area contributed by atoms with Gasteiger partial charge < -0.3 is 43.4 Å². The monoisotopic (exact) mass is 810 g/mol. The molecule has 58 heavy (non-hydrogen) atoms. The van der Waals surface area contributed by atoms with E-state index in [0.29, 0.717) is 35.3 Å². The number of methoxy groups -OCH3 is 1. The third-order valence-electron chi connectivity index (χ3n) is 11.7. The van der Waals surface area contributed by atoms with E-state index in [9.17, 15) is 24.0 Å². The number of imide groups is 1. The first-order valence-corrected chi connectivity index (χ1v) is 19.7. The zero-order valence-electron chi connectivity index (χ0n) is 35.8. The number of ether oxygens (including phenoxy) is 7. The number of likely N-dealkylation sites (N-methyl/N-ethyl adjacent to an activating group) is 1. The third-order valence-corrected chi connectivity index (χ3v) is 11.7. The lowest BCUT2D eigenvalue weighted by atomic mass is 9.51. The number of hydrogen-bond donors (Lipinski definition) is 2. The van der Waals surface area contributed by atoms with Gasteiger partial charge in [0, 0.05) is 69.6 Å². The van der Waals surface area contributed by atoms with Crippen molar-refractivity contribution in [2.75, 3.05) is 73.2 Å². The number of Topliss-reactive ketones (excluding diaryl/α,β-unsaturated/α-hetero) is 1. The molecule has 2 amide bonds. The van der Waals surface area contributed by atoms with Crippen LogP contribution in [-0.2, 0) is 71.0 Å². The molecule has 1 aromatic carbocycles. The number of fused-ring (bicyclic) bond motifs is 6. The Balaban J connectivity index is 1.71. The van der Waals surface area contributed by atoms with Crippen LogP contribution in [-0.4, -0.2) is 120 Å². The largest absolute Gasteiger partial charge is 0.496 e. The van der Waals surface area contributed by atoms with E-state index in [2.05, 4.69) is 10.6 Å². The van der Waals surface area contributed by atoms with Gasteiger partial charge in [-0.3, -0.25) is 34.2 Å². The molecule has 318 valence electrons. The van der Waals surface area contributed by atoms with E-state index in [0.717, 1.165) is 11.3 Å². The molecule has 6 rings (SSSR count). The van der Waals surface area contributed by atoms with E-state index in [-0.39, 0.29) is 67.8 Å². The molecule has 2 spiro atoms. The van der Waals surface area contributed by atoms with Crippen molar-refractivity contribution < 1.29 is 57.1 Å². The highest BCUT2D eigenvalue weighted by Crippen LogP contribution is 2.68. The molecule has 4 atom stereocenters. The Labute approximate surface area is 339 Å². The summed E-state index contributed by atoms with van der Waals surface area (Å²) < 4.78 is 45.4. The number of rotatable bonds is 10. The van der Waals surface area contributed by atoms with Gasteiger partial charge in [-0.15, -0.1) is 0 Å². The maximum Gasteiger partial charge on any atom is 0.307 e. The molecule has 16 nitrogen and oxygen atoms in total. The van der Waals surface area contributed by atoms with Crippen LogP contribution >= 0.6 is 0 Å². The third kappa shape index (κ3) is 7.15. The lowest BCUT2D eigenvalue weighted by Crippen LogP contribution is -2.68. The first-order valence-electron chi connectivity index (χ1n) is 19.7. The zero-order chi connectivity index (χ0) is 42.7. The molecule has 2 fully saturated rings. The molecule has 0 saturated carbocycles. The summed E-state index contributed by atoms with van der Waals surface area (Å²) in [5, 5.41) is 5.63. The first-order chi connectivity index (χ1) is 27.1. The molecule has 1 aromatic rings. The second kappa shape index (κ2) is 15.8. The molecule has 2 saturated heterocycles. The first kappa shape index (κ1) is 43.4. The van der Waals surface area contributed by atoms with Gasteiger partial charge in [-0.05, 0) is 72.2 Å². The van der Waals surface area contributed by atoms with Gasteiger partial charge in [0.05, 0.1) is 57.1 Å². The average molecular weight is 811 g/mol. The van der Waals surface area contributed by atoms with Crippen molar-refractivity contribution in [3.63, 3.8) is 0 Å². The number of amides is 2. The Hall–Kier alpha value is -4.19. The van der Waals surface area contributed by atoms with Gasteiger partial charge in [-0.25, -0.2) is 0 Å². The Morgan fingerprint density at radius 1 is 0.914 bits per heavy atom. The van der Waals surface area contributed by atoms with Crippen molar-refractivity contribution in [3.8, 4) is 5.75 Å². The van der Waals surface area contributed by atoms with Crippen molar-refractivity contribution in [3.05, 3.63) is 45.4 Å². The summed E-state index contributed by atoms with van der Waals surface area (Å²) in [7, 11) is 8.99. The summed E-state index contributed by atoms with van der Waals surface area (Å²) in [6.45, 7) is 12.0. The number of carbonyl (C=O) groups is 5. The molecule has 0 aromatic heterocycles. The highest BCUT2D eigenvalue weighted by molar-refractivity contribution is 6.05. The van der Waals surface area contributed by atoms with E-state index in [1.807, 2.05) is 57.7 Å². The van der Waals surface area contributed by atoms with Gasteiger partial charge in [-0.2, -0.15) is 0 Å². The lowest BCUT2D eigenvalue weighted by Gasteiger charge is -2.60. The van der Waals surface area contributed by atoms with E-state index in [1.165, 1.54) is 20.8 Å². The van der Waals surface area contributed by atoms with Gasteiger partial charge in [0.25, 0.3) is 5.91 Å². The maximum absolute atomic E-state index is 14.4. The van der Waals surface area contributed by atoms with Crippen LogP contribution < -0.4 is 20.3 Å². The Morgan fingerprint density at radius 2 is 1.52 bits per heavy atom. The molecule has 0 bridgehead atoms. The van der Waals surface area contributed by atoms with E-state index in [4.69, 9.17) is 33.2 Å². The predicted octanol–water partition coefficient (Wildman–Crippen LogP) is 2.64. The SMILES string of the molecule is COc1c(CC(=O)CNC(C)(C)C)cc(N(C)C)c2c1C1(OCCO1)C1=C(OC(C)=O)[C@@]3(C)[C@@H](C[C@@H]1C2)[C@H](N(C)C)C(OC(C)=O)=C(C(=O)NC(C)=O)C31OCCO1. The van der Waals surface area contributed by atoms with Gasteiger partial charge in [0.2, 0.25) is 17.5 Å². The molecule has 3 aliphatic carbocycles. The number of nitrogens with zero attached hydrogens (tertiary/aromatic N) is 2. The van der Waals surface area contributed by atoms with Crippen LogP contribution in [0.4, 0.5) is 5.69 Å². The minimum Gasteiger partial charge on any atom is -0.496 e. The van der Waals surface area contributed by atoms with E-state index < -0.39 is 58.6 Å².